The number of aliphatic hydroxyl groups excluding tert-OH is 1. The predicted molar refractivity (Wildman–Crippen MR) is 166 cm³/mol. The number of nitrogen functional groups attached to an aromatic ring is 1. The van der Waals surface area contributed by atoms with E-state index in [-0.39, 0.29) is 39.6 Å². The highest BCUT2D eigenvalue weighted by Crippen LogP contribution is 2.18. The number of amides is 4. The third kappa shape index (κ3) is 7.26. The first-order valence-corrected chi connectivity index (χ1v) is 16.1. The number of hydrogen-bond donors (Lipinski definition) is 6. The zero-order valence-corrected chi connectivity index (χ0v) is 27.3. The topological polar surface area (TPSA) is 303 Å². The Balaban J connectivity index is 1.52. The summed E-state index contributed by atoms with van der Waals surface area (Å²) in [5.41, 5.74) is 1.76. The Morgan fingerprint density at radius 2 is 1.98 bits per heavy atom. The van der Waals surface area contributed by atoms with Crippen molar-refractivity contribution in [1.29, 1.82) is 0 Å². The summed E-state index contributed by atoms with van der Waals surface area (Å²) < 4.78 is 28.7. The van der Waals surface area contributed by atoms with Gasteiger partial charge in [-0.15, -0.1) is 16.4 Å². The smallest absolute Gasteiger partial charge is 0.362 e. The summed E-state index contributed by atoms with van der Waals surface area (Å²) in [6, 6.07) is -1.74. The Kier molecular flexibility index (Phi) is 9.87. The third-order valence-corrected chi connectivity index (χ3v) is 8.57. The number of carboxylic acid groups (broad SMARTS) is 1. The number of nitrogens with two attached hydrogens (primary N) is 1. The molecule has 1 aliphatic rings. The van der Waals surface area contributed by atoms with E-state index < -0.39 is 75.0 Å². The highest BCUT2D eigenvalue weighted by Gasteiger charge is 2.44. The number of hydrogen-bond acceptors (Lipinski definition) is 15. The number of H-pyrrole nitrogens is 1. The molecule has 0 unspecified atom stereocenters. The Labute approximate surface area is 274 Å². The van der Waals surface area contributed by atoms with E-state index in [4.69, 9.17) is 10.6 Å². The van der Waals surface area contributed by atoms with E-state index in [0.717, 1.165) is 22.0 Å². The van der Waals surface area contributed by atoms with Crippen LogP contribution in [0.3, 0.4) is 0 Å². The molecular formula is C25H30N10O11S2. The highest BCUT2D eigenvalue weighted by atomic mass is 32.2. The van der Waals surface area contributed by atoms with E-state index in [1.165, 1.54) is 32.3 Å². The number of nitrogens with zero attached hydrogens (tertiary/aromatic N) is 6. The summed E-state index contributed by atoms with van der Waals surface area (Å²) >= 11 is 0.935. The minimum Gasteiger partial charge on any atom is -0.478 e. The van der Waals surface area contributed by atoms with E-state index in [1.807, 2.05) is 0 Å². The number of β-lactam (4-membered cyclic amide) rings is 1. The summed E-state index contributed by atoms with van der Waals surface area (Å²) in [5.74, 6) is -4.33. The van der Waals surface area contributed by atoms with Gasteiger partial charge in [0.2, 0.25) is 5.60 Å². The van der Waals surface area contributed by atoms with Crippen LogP contribution < -0.4 is 26.9 Å². The number of urea groups is 1. The Morgan fingerprint density at radius 3 is 2.54 bits per heavy atom. The lowest BCUT2D eigenvalue weighted by molar-refractivity contribution is -0.161. The number of carboxylic acids is 1. The first-order chi connectivity index (χ1) is 22.4. The van der Waals surface area contributed by atoms with Crippen molar-refractivity contribution in [3.63, 3.8) is 0 Å². The molecule has 4 rings (SSSR count). The second-order valence-electron chi connectivity index (χ2n) is 11.0. The van der Waals surface area contributed by atoms with Crippen molar-refractivity contribution in [1.82, 2.24) is 38.7 Å². The number of aromatic amines is 1. The quantitative estimate of drug-likeness (QED) is 0.0660. The van der Waals surface area contributed by atoms with E-state index in [1.54, 1.807) is 11.6 Å². The molecule has 258 valence electrons. The van der Waals surface area contributed by atoms with Crippen LogP contribution in [0.2, 0.25) is 0 Å². The Bertz CT molecular complexity index is 2040. The van der Waals surface area contributed by atoms with Gasteiger partial charge in [0.05, 0.1) is 12.2 Å². The zero-order valence-electron chi connectivity index (χ0n) is 25.7. The molecule has 0 spiro atoms. The van der Waals surface area contributed by atoms with Crippen LogP contribution in [0, 0.1) is 12.8 Å². The van der Waals surface area contributed by atoms with Gasteiger partial charge in [-0.3, -0.25) is 23.9 Å². The van der Waals surface area contributed by atoms with Crippen LogP contribution in [-0.2, 0) is 36.0 Å². The molecule has 21 nitrogen and oxygen atoms in total. The molecule has 1 aliphatic heterocycles. The van der Waals surface area contributed by atoms with Gasteiger partial charge in [0, 0.05) is 36.4 Å². The molecule has 23 heteroatoms. The van der Waals surface area contributed by atoms with Gasteiger partial charge >= 0.3 is 27.9 Å². The first-order valence-electron chi connectivity index (χ1n) is 13.8. The van der Waals surface area contributed by atoms with E-state index in [2.05, 4.69) is 25.5 Å². The summed E-state index contributed by atoms with van der Waals surface area (Å²) in [6.45, 7) is 4.32. The molecule has 0 bridgehead atoms. The number of carbonyl (C=O) groups is 4. The standard InChI is InChI=1S/C25H30N10O11S2/c1-11(9-36)7-33-18(13-5-16(37)12(2)6-27-13)30-35(24(33)43)48(44,45)32-23(42)34-8-14(20(34)39)28-19(38)17(15-10-47-22(26)29-15)31-46-25(3,4)21(40)41/h5-6,10-11,14,36H,7-9H2,1-4H3,(H2,26,29)(H,27,37)(H,28,38)(H,32,42)(H,40,41)/b31-17+/t11-,14+/m1/s1. The van der Waals surface area contributed by atoms with Crippen molar-refractivity contribution in [3.8, 4) is 11.5 Å². The van der Waals surface area contributed by atoms with Crippen LogP contribution in [0.4, 0.5) is 9.93 Å². The lowest BCUT2D eigenvalue weighted by atomic mass is 10.1. The number of aryl methyl sites for hydroxylation is 1. The van der Waals surface area contributed by atoms with Crippen LogP contribution in [0.25, 0.3) is 11.5 Å². The fourth-order valence-electron chi connectivity index (χ4n) is 3.89. The summed E-state index contributed by atoms with van der Waals surface area (Å²) in [7, 11) is -5.09. The van der Waals surface area contributed by atoms with Gasteiger partial charge in [-0.2, -0.15) is 8.42 Å². The average molecular weight is 711 g/mol. The lowest BCUT2D eigenvalue weighted by Gasteiger charge is -2.36. The predicted octanol–water partition coefficient (Wildman–Crippen LogP) is -2.21. The molecule has 0 aliphatic carbocycles. The minimum absolute atomic E-state index is 0.0233. The molecular weight excluding hydrogens is 680 g/mol. The van der Waals surface area contributed by atoms with Gasteiger partial charge in [0.1, 0.15) is 11.7 Å². The molecule has 7 N–H and O–H groups in total. The second-order valence-corrected chi connectivity index (χ2v) is 13.4. The molecule has 0 aromatic carbocycles. The van der Waals surface area contributed by atoms with Crippen molar-refractivity contribution in [3.05, 3.63) is 49.6 Å². The van der Waals surface area contributed by atoms with Crippen molar-refractivity contribution in [2.45, 2.75) is 45.9 Å². The fourth-order valence-corrected chi connectivity index (χ4v) is 5.35. The monoisotopic (exact) mass is 710 g/mol. The number of carbonyl (C=O) groups excluding carboxylic acids is 3. The molecule has 1 fully saturated rings. The fraction of sp³-hybridized carbons (Fsp3) is 0.400. The van der Waals surface area contributed by atoms with Gasteiger partial charge in [0.25, 0.3) is 11.8 Å². The molecule has 3 aromatic rings. The van der Waals surface area contributed by atoms with Gasteiger partial charge in [0.15, 0.2) is 22.1 Å². The van der Waals surface area contributed by atoms with Crippen LogP contribution in [0.15, 0.2) is 32.4 Å². The number of anilines is 1. The van der Waals surface area contributed by atoms with E-state index in [9.17, 15) is 47.4 Å². The first kappa shape index (κ1) is 35.4. The van der Waals surface area contributed by atoms with Gasteiger partial charge < -0.3 is 31.1 Å². The maximum absolute atomic E-state index is 13.2. The molecule has 4 heterocycles. The SMILES string of the molecule is Cc1c[nH]c(-c2nn(S(=O)(=O)NC(=O)N3C[C@H](NC(=O)/C(=N/OC(C)(C)C(=O)O)c4csc(N)n4)C3=O)c(=O)n2C[C@@H](C)CO)cc1=O. The second kappa shape index (κ2) is 13.4. The number of aliphatic hydroxyl groups is 1. The van der Waals surface area contributed by atoms with Crippen molar-refractivity contribution >= 4 is 56.2 Å². The third-order valence-electron chi connectivity index (χ3n) is 6.77. The maximum Gasteiger partial charge on any atom is 0.362 e. The number of nitrogens with one attached hydrogen (secondary N) is 3. The molecule has 0 radical (unpaired) electrons. The Hall–Kier alpha value is -5.42. The molecule has 3 aromatic heterocycles. The number of rotatable bonds is 12. The highest BCUT2D eigenvalue weighted by molar-refractivity contribution is 7.88. The zero-order chi connectivity index (χ0) is 35.7. The number of pyridine rings is 1. The van der Waals surface area contributed by atoms with Crippen molar-refractivity contribution in [2.24, 2.45) is 11.1 Å². The van der Waals surface area contributed by atoms with Crippen LogP contribution in [0.5, 0.6) is 0 Å². The number of aliphatic carboxylic acids is 1. The lowest BCUT2D eigenvalue weighted by Crippen LogP contribution is -2.68. The van der Waals surface area contributed by atoms with Crippen molar-refractivity contribution < 1.29 is 42.6 Å². The average Bonchev–Trinajstić information content (AvgIpc) is 3.58. The number of likely N-dealkylation sites (tertiary alicyclic amines) is 1. The summed E-state index contributed by atoms with van der Waals surface area (Å²) in [4.78, 5) is 87.5. The van der Waals surface area contributed by atoms with Crippen LogP contribution >= 0.6 is 11.3 Å². The number of aromatic nitrogens is 5. The molecule has 48 heavy (non-hydrogen) atoms. The van der Waals surface area contributed by atoms with Gasteiger partial charge in [-0.25, -0.2) is 24.1 Å². The van der Waals surface area contributed by atoms with Gasteiger partial charge in [-0.1, -0.05) is 16.2 Å². The van der Waals surface area contributed by atoms with E-state index in [0.29, 0.717) is 10.5 Å². The molecule has 1 saturated heterocycles. The largest absolute Gasteiger partial charge is 0.478 e. The van der Waals surface area contributed by atoms with Crippen LogP contribution in [0.1, 0.15) is 32.0 Å². The van der Waals surface area contributed by atoms with Crippen molar-refractivity contribution in [2.75, 3.05) is 18.9 Å². The summed E-state index contributed by atoms with van der Waals surface area (Å²) in [5, 5.41) is 29.8. The van der Waals surface area contributed by atoms with Crippen LogP contribution in [-0.4, -0.2) is 102 Å². The molecule has 2 atom stereocenters. The molecule has 4 amide bonds. The minimum atomic E-state index is -5.09. The Morgan fingerprint density at radius 1 is 1.29 bits per heavy atom. The number of imide groups is 1. The molecule has 0 saturated carbocycles. The summed E-state index contributed by atoms with van der Waals surface area (Å²) in [6.07, 6.45) is 1.33. The maximum atomic E-state index is 13.2. The number of thiazole rings is 1. The van der Waals surface area contributed by atoms with E-state index >= 15 is 0 Å². The number of oxime groups is 1. The normalized spacial score (nSPS) is 15.9. The van der Waals surface area contributed by atoms with Gasteiger partial charge in [-0.05, 0) is 26.7 Å².